The molecule has 5 aromatic carbocycles. The number of para-hydroxylation sites is 2. The van der Waals surface area contributed by atoms with E-state index in [9.17, 15) is 0 Å². The van der Waals surface area contributed by atoms with Gasteiger partial charge in [-0.15, -0.1) is 0 Å². The van der Waals surface area contributed by atoms with Crippen LogP contribution >= 0.6 is 19.4 Å². The first-order valence-electron chi connectivity index (χ1n) is 13.5. The summed E-state index contributed by atoms with van der Waals surface area (Å²) in [6.07, 6.45) is 0. The van der Waals surface area contributed by atoms with Gasteiger partial charge in [0.25, 0.3) is 0 Å². The molecule has 0 bridgehead atoms. The third-order valence-electron chi connectivity index (χ3n) is 7.21. The molecule has 0 aromatic heterocycles. The van der Waals surface area contributed by atoms with Crippen LogP contribution in [0.5, 0.6) is 0 Å². The topological polar surface area (TPSA) is 6.48 Å². The molecule has 43 heavy (non-hydrogen) atoms. The van der Waals surface area contributed by atoms with Gasteiger partial charge in [0.2, 0.25) is 0 Å². The Hall–Kier alpha value is -3.49. The van der Waals surface area contributed by atoms with Crippen LogP contribution in [0.25, 0.3) is 0 Å². The van der Waals surface area contributed by atoms with Crippen LogP contribution in [-0.2, 0) is 13.5 Å². The molecule has 1 saturated heterocycles. The van der Waals surface area contributed by atoms with Gasteiger partial charge in [0.1, 0.15) is 0 Å². The van der Waals surface area contributed by atoms with Crippen molar-refractivity contribution in [2.75, 3.05) is 9.80 Å². The molecular formula is C38H39Cl2N2Ru+. The van der Waals surface area contributed by atoms with Crippen molar-refractivity contribution in [3.8, 4) is 0 Å². The number of halogens is 2. The Labute approximate surface area is 272 Å². The molecule has 0 amide bonds. The summed E-state index contributed by atoms with van der Waals surface area (Å²) in [5, 5.41) is 0. The van der Waals surface area contributed by atoms with E-state index in [2.05, 4.69) is 140 Å². The third-order valence-corrected chi connectivity index (χ3v) is 9.08. The Morgan fingerprint density at radius 1 is 0.535 bits per heavy atom. The number of hydrogen-bond donors (Lipinski definition) is 0. The molecule has 0 unspecified atom stereocenters. The first kappa shape index (κ1) is 34.0. The second-order valence-corrected chi connectivity index (χ2v) is 15.7. The van der Waals surface area contributed by atoms with Crippen LogP contribution in [-0.4, -0.2) is 4.61 Å². The standard InChI is InChI=1S/C29H27N2.C7H6.2CH3.2ClH.Ru/c1-22-13-9-11-19-26(22)30-21-31(27-20-12-10-14-23(27)2)29(25-17-7-4-8-18-25)28(30)24-15-5-3-6-16-24;1-7-5-3-2-4-6-7;;;;;/h3-21,28-29H,1-2H3;1-6H;2*1H3;2*1H;/q-1;;2*+1;;;+2/p-2/t28-,29-;;;;;;/m1....../s1. The number of nitrogens with zero attached hydrogens (tertiary/aromatic N) is 2. The maximum absolute atomic E-state index is 5.67. The van der Waals surface area contributed by atoms with Crippen molar-refractivity contribution >= 4 is 35.4 Å². The summed E-state index contributed by atoms with van der Waals surface area (Å²) in [5.74, 6) is 0. The monoisotopic (exact) mass is 695 g/mol. The van der Waals surface area contributed by atoms with E-state index >= 15 is 0 Å². The Morgan fingerprint density at radius 2 is 0.884 bits per heavy atom. The molecule has 2 nitrogen and oxygen atoms in total. The summed E-state index contributed by atoms with van der Waals surface area (Å²) in [4.78, 5) is 4.91. The van der Waals surface area contributed by atoms with Crippen LogP contribution in [0.2, 0.25) is 0 Å². The number of rotatable bonds is 5. The van der Waals surface area contributed by atoms with E-state index in [-0.39, 0.29) is 26.9 Å². The summed E-state index contributed by atoms with van der Waals surface area (Å²) >= 11 is -1.61. The maximum atomic E-state index is 5.67. The Balaban J connectivity index is 0.000000362. The second kappa shape index (κ2) is 16.4. The average Bonchev–Trinajstić information content (AvgIpc) is 3.39. The van der Waals surface area contributed by atoms with Crippen molar-refractivity contribution in [3.63, 3.8) is 0 Å². The summed E-state index contributed by atoms with van der Waals surface area (Å²) < 4.78 is 1.92. The molecule has 0 aliphatic carbocycles. The molecule has 1 aliphatic heterocycles. The zero-order valence-corrected chi connectivity index (χ0v) is 28.3. The predicted molar refractivity (Wildman–Crippen MR) is 186 cm³/mol. The Bertz CT molecular complexity index is 1480. The Kier molecular flexibility index (Phi) is 13.0. The zero-order valence-electron chi connectivity index (χ0n) is 25.1. The van der Waals surface area contributed by atoms with Crippen LogP contribution in [0.1, 0.15) is 39.9 Å². The van der Waals surface area contributed by atoms with Crippen LogP contribution in [0.4, 0.5) is 11.4 Å². The van der Waals surface area contributed by atoms with Gasteiger partial charge in [-0.05, 0) is 48.2 Å². The molecule has 5 aromatic rings. The van der Waals surface area contributed by atoms with Crippen molar-refractivity contribution in [1.82, 2.24) is 0 Å². The van der Waals surface area contributed by atoms with Crippen molar-refractivity contribution in [2.24, 2.45) is 0 Å². The fourth-order valence-corrected chi connectivity index (χ4v) is 7.14. The van der Waals surface area contributed by atoms with Crippen LogP contribution in [0, 0.1) is 35.4 Å². The summed E-state index contributed by atoms with van der Waals surface area (Å²) in [6.45, 7) is 6.69. The molecule has 0 N–H and O–H groups in total. The van der Waals surface area contributed by atoms with Crippen LogP contribution in [0.15, 0.2) is 140 Å². The molecule has 0 radical (unpaired) electrons. The predicted octanol–water partition coefficient (Wildman–Crippen LogP) is 10.9. The molecule has 222 valence electrons. The van der Waals surface area contributed by atoms with Gasteiger partial charge in [-0.1, -0.05) is 97.1 Å². The van der Waals surface area contributed by atoms with Gasteiger partial charge in [0.05, 0.1) is 12.1 Å². The molecule has 0 saturated carbocycles. The molecule has 0 spiro atoms. The fraction of sp³-hybridized carbons (Fsp3) is 0.105. The van der Waals surface area contributed by atoms with Gasteiger partial charge in [-0.25, -0.2) is 0 Å². The molecule has 1 aliphatic rings. The van der Waals surface area contributed by atoms with E-state index in [4.69, 9.17) is 19.4 Å². The molecule has 2 atom stereocenters. The third kappa shape index (κ3) is 8.33. The van der Waals surface area contributed by atoms with E-state index in [0.29, 0.717) is 0 Å². The van der Waals surface area contributed by atoms with E-state index in [1.165, 1.54) is 33.6 Å². The van der Waals surface area contributed by atoms with Crippen LogP contribution < -0.4 is 9.80 Å². The van der Waals surface area contributed by atoms with E-state index in [1.54, 1.807) is 0 Å². The van der Waals surface area contributed by atoms with Crippen LogP contribution in [0.3, 0.4) is 0 Å². The summed E-state index contributed by atoms with van der Waals surface area (Å²) in [6, 6.07) is 49.3. The van der Waals surface area contributed by atoms with Gasteiger partial charge in [0, 0.05) is 26.2 Å². The first-order valence-corrected chi connectivity index (χ1v) is 19.0. The van der Waals surface area contributed by atoms with E-state index in [0.717, 1.165) is 5.56 Å². The van der Waals surface area contributed by atoms with Crippen molar-refractivity contribution in [3.05, 3.63) is 189 Å². The first-order chi connectivity index (χ1) is 20.0. The van der Waals surface area contributed by atoms with Gasteiger partial charge in [-0.2, -0.15) is 6.67 Å². The van der Waals surface area contributed by atoms with Gasteiger partial charge >= 0.3 is 73.4 Å². The fourth-order valence-electron chi connectivity index (χ4n) is 5.31. The number of aryl methyl sites for hydroxylation is 2. The quantitative estimate of drug-likeness (QED) is 0.133. The molecule has 1 heterocycles. The van der Waals surface area contributed by atoms with E-state index in [1.807, 2.05) is 34.9 Å². The van der Waals surface area contributed by atoms with Crippen molar-refractivity contribution in [1.29, 1.82) is 0 Å². The average molecular weight is 696 g/mol. The molecule has 1 fully saturated rings. The SMILES string of the molecule is Cc1ccccc1N1[CH-]N(c2ccccc2C)[C@H](c2ccccc2)[C@H]1c1ccccc1.[CH3+].[CH3+].[Cl][Ru]([Cl])=[CH]c1ccccc1. The minimum atomic E-state index is -1.61. The zero-order chi connectivity index (χ0) is 28.6. The molecule has 5 heteroatoms. The van der Waals surface area contributed by atoms with Gasteiger partial charge in [-0.3, -0.25) is 0 Å². The Morgan fingerprint density at radius 3 is 1.26 bits per heavy atom. The van der Waals surface area contributed by atoms with Gasteiger partial charge in [0.15, 0.2) is 0 Å². The van der Waals surface area contributed by atoms with Crippen molar-refractivity contribution < 1.29 is 13.5 Å². The number of anilines is 2. The minimum absolute atomic E-state index is 0. The molecule has 6 rings (SSSR count). The number of hydrogen-bond acceptors (Lipinski definition) is 2. The normalized spacial score (nSPS) is 15.8. The summed E-state index contributed by atoms with van der Waals surface area (Å²) in [5.41, 5.74) is 8.78. The number of benzene rings is 5. The summed E-state index contributed by atoms with van der Waals surface area (Å²) in [7, 11) is 11.3. The van der Waals surface area contributed by atoms with E-state index < -0.39 is 13.5 Å². The van der Waals surface area contributed by atoms with Gasteiger partial charge < -0.3 is 9.80 Å². The second-order valence-electron chi connectivity index (χ2n) is 9.93. The molecular weight excluding hydrogens is 656 g/mol. The van der Waals surface area contributed by atoms with Crippen molar-refractivity contribution in [2.45, 2.75) is 25.9 Å².